The molecule has 1 aromatic heterocycles. The number of urea groups is 1. The minimum Gasteiger partial charge on any atom is -0.352 e. The van der Waals surface area contributed by atoms with Gasteiger partial charge in [0.1, 0.15) is 6.54 Å². The van der Waals surface area contributed by atoms with Crippen molar-refractivity contribution in [1.29, 1.82) is 0 Å². The second-order valence-corrected chi connectivity index (χ2v) is 5.10. The fourth-order valence-corrected chi connectivity index (χ4v) is 2.19. The number of carbonyl (C=O) groups excluding carboxylic acids is 2. The maximum Gasteiger partial charge on any atom is 0.343 e. The summed E-state index contributed by atoms with van der Waals surface area (Å²) in [6.45, 7) is 0.0200. The lowest BCUT2D eigenvalue weighted by Gasteiger charge is -2.40. The Balaban J connectivity index is 1.86. The predicted molar refractivity (Wildman–Crippen MR) is 74.3 cm³/mol. The fraction of sp³-hybridized carbons (Fsp3) is 0.462. The zero-order chi connectivity index (χ0) is 14.3. The molecule has 0 bridgehead atoms. The van der Waals surface area contributed by atoms with E-state index >= 15 is 0 Å². The van der Waals surface area contributed by atoms with Crippen molar-refractivity contribution < 1.29 is 9.59 Å². The van der Waals surface area contributed by atoms with Crippen LogP contribution in [0.2, 0.25) is 0 Å². The second-order valence-electron chi connectivity index (χ2n) is 5.10. The van der Waals surface area contributed by atoms with E-state index in [0.29, 0.717) is 11.5 Å². The molecule has 0 spiro atoms. The van der Waals surface area contributed by atoms with Gasteiger partial charge >= 0.3 is 6.03 Å². The van der Waals surface area contributed by atoms with Crippen molar-refractivity contribution in [3.05, 3.63) is 18.3 Å². The van der Waals surface area contributed by atoms with Crippen LogP contribution in [0.15, 0.2) is 18.3 Å². The molecular weight excluding hydrogens is 258 g/mol. The van der Waals surface area contributed by atoms with E-state index in [1.54, 1.807) is 37.4 Å². The predicted octanol–water partition coefficient (Wildman–Crippen LogP) is 0.583. The van der Waals surface area contributed by atoms with Crippen molar-refractivity contribution in [1.82, 2.24) is 15.3 Å². The van der Waals surface area contributed by atoms with Gasteiger partial charge < -0.3 is 5.32 Å². The Morgan fingerprint density at radius 1 is 1.40 bits per heavy atom. The Labute approximate surface area is 117 Å². The molecule has 1 N–H and O–H groups in total. The van der Waals surface area contributed by atoms with Crippen LogP contribution >= 0.6 is 0 Å². The van der Waals surface area contributed by atoms with Crippen LogP contribution in [0.25, 0.3) is 0 Å². The highest BCUT2D eigenvalue weighted by Crippen LogP contribution is 2.31. The third-order valence-electron chi connectivity index (χ3n) is 3.57. The first-order valence-electron chi connectivity index (χ1n) is 6.61. The number of hydrogen-bond donors (Lipinski definition) is 1. The van der Waals surface area contributed by atoms with Crippen LogP contribution in [0.5, 0.6) is 0 Å². The van der Waals surface area contributed by atoms with Gasteiger partial charge in [-0.15, -0.1) is 0 Å². The molecule has 0 atom stereocenters. The van der Waals surface area contributed by atoms with E-state index in [4.69, 9.17) is 0 Å². The van der Waals surface area contributed by atoms with E-state index in [9.17, 15) is 9.59 Å². The van der Waals surface area contributed by atoms with E-state index in [0.717, 1.165) is 12.8 Å². The van der Waals surface area contributed by atoms with Crippen LogP contribution in [-0.2, 0) is 4.79 Å². The van der Waals surface area contributed by atoms with Gasteiger partial charge in [-0.1, -0.05) is 0 Å². The number of carbonyl (C=O) groups is 2. The Bertz CT molecular complexity index is 557. The molecule has 20 heavy (non-hydrogen) atoms. The van der Waals surface area contributed by atoms with Crippen molar-refractivity contribution in [2.24, 2.45) is 0 Å². The minimum absolute atomic E-state index is 0.0200. The molecule has 0 aromatic carbocycles. The third kappa shape index (κ3) is 2.15. The normalized spacial score (nSPS) is 18.1. The second kappa shape index (κ2) is 4.66. The first-order chi connectivity index (χ1) is 9.58. The number of hydrogen-bond acceptors (Lipinski definition) is 4. The summed E-state index contributed by atoms with van der Waals surface area (Å²) in [6.07, 6.45) is 3.72. The minimum atomic E-state index is -0.237. The van der Waals surface area contributed by atoms with Crippen LogP contribution in [0.4, 0.5) is 16.3 Å². The topological polar surface area (TPSA) is 68.8 Å². The molecule has 3 amide bonds. The Hall–Kier alpha value is -2.31. The van der Waals surface area contributed by atoms with Gasteiger partial charge in [-0.2, -0.15) is 0 Å². The molecule has 7 heteroatoms. The van der Waals surface area contributed by atoms with Crippen LogP contribution in [0.3, 0.4) is 0 Å². The van der Waals surface area contributed by atoms with Gasteiger partial charge in [0.05, 0.1) is 5.69 Å². The summed E-state index contributed by atoms with van der Waals surface area (Å²) in [5, 5.41) is 6.01. The highest BCUT2D eigenvalue weighted by Gasteiger charge is 2.34. The highest BCUT2D eigenvalue weighted by atomic mass is 16.2. The molecule has 1 fully saturated rings. The highest BCUT2D eigenvalue weighted by molar-refractivity contribution is 6.02. The summed E-state index contributed by atoms with van der Waals surface area (Å²) < 4.78 is 0. The molecular formula is C13H17N5O2. The van der Waals surface area contributed by atoms with Gasteiger partial charge in [0.25, 0.3) is 0 Å². The van der Waals surface area contributed by atoms with E-state index in [1.165, 1.54) is 9.91 Å². The third-order valence-corrected chi connectivity index (χ3v) is 3.57. The Morgan fingerprint density at radius 2 is 2.15 bits per heavy atom. The standard InChI is InChI=1S/C13H17N5O2/c1-16-12-10(4-3-7-14-12)18(13(20)17(16)2)8-11(19)15-9-5-6-9/h3-4,7,9H,5-6,8H2,1-2H3,(H,15,19). The lowest BCUT2D eigenvalue weighted by atomic mass is 10.3. The quantitative estimate of drug-likeness (QED) is 0.876. The number of amides is 3. The number of rotatable bonds is 3. The Kier molecular flexibility index (Phi) is 2.96. The van der Waals surface area contributed by atoms with E-state index < -0.39 is 0 Å². The average Bonchev–Trinajstić information content (AvgIpc) is 3.25. The number of pyridine rings is 1. The first kappa shape index (κ1) is 12.7. The maximum atomic E-state index is 12.3. The van der Waals surface area contributed by atoms with Gasteiger partial charge in [-0.3, -0.25) is 14.7 Å². The molecule has 0 radical (unpaired) electrons. The number of hydrazine groups is 1. The number of anilines is 2. The van der Waals surface area contributed by atoms with Crippen LogP contribution < -0.4 is 15.2 Å². The zero-order valence-electron chi connectivity index (χ0n) is 11.5. The van der Waals surface area contributed by atoms with Crippen LogP contribution in [-0.4, -0.2) is 48.6 Å². The summed E-state index contributed by atoms with van der Waals surface area (Å²) in [5.74, 6) is 0.530. The molecule has 3 rings (SSSR count). The first-order valence-corrected chi connectivity index (χ1v) is 6.61. The van der Waals surface area contributed by atoms with Gasteiger partial charge in [0.15, 0.2) is 5.82 Å². The molecule has 0 saturated heterocycles. The molecule has 2 aliphatic rings. The van der Waals surface area contributed by atoms with Gasteiger partial charge in [-0.25, -0.2) is 14.8 Å². The lowest BCUT2D eigenvalue weighted by Crippen LogP contribution is -2.55. The molecule has 2 heterocycles. The molecule has 0 unspecified atom stereocenters. The van der Waals surface area contributed by atoms with Crippen molar-refractivity contribution in [2.45, 2.75) is 18.9 Å². The number of nitrogens with zero attached hydrogens (tertiary/aromatic N) is 4. The zero-order valence-corrected chi connectivity index (χ0v) is 11.5. The monoisotopic (exact) mass is 275 g/mol. The smallest absolute Gasteiger partial charge is 0.343 e. The van der Waals surface area contributed by atoms with Gasteiger partial charge in [0.2, 0.25) is 5.91 Å². The van der Waals surface area contributed by atoms with Crippen molar-refractivity contribution in [3.63, 3.8) is 0 Å². The lowest BCUT2D eigenvalue weighted by molar-refractivity contribution is -0.119. The Morgan fingerprint density at radius 3 is 2.85 bits per heavy atom. The summed E-state index contributed by atoms with van der Waals surface area (Å²) in [4.78, 5) is 30.0. The molecule has 1 aliphatic carbocycles. The molecule has 7 nitrogen and oxygen atoms in total. The fourth-order valence-electron chi connectivity index (χ4n) is 2.19. The SMILES string of the molecule is CN1C(=O)N(CC(=O)NC2CC2)c2cccnc2N1C. The van der Waals surface area contributed by atoms with Crippen LogP contribution in [0.1, 0.15) is 12.8 Å². The van der Waals surface area contributed by atoms with Gasteiger partial charge in [-0.05, 0) is 25.0 Å². The van der Waals surface area contributed by atoms with E-state index in [1.807, 2.05) is 0 Å². The summed E-state index contributed by atoms with van der Waals surface area (Å²) in [7, 11) is 3.43. The summed E-state index contributed by atoms with van der Waals surface area (Å²) in [6, 6.07) is 3.61. The number of fused-ring (bicyclic) bond motifs is 1. The number of aromatic nitrogens is 1. The molecule has 1 saturated carbocycles. The summed E-state index contributed by atoms with van der Waals surface area (Å²) >= 11 is 0. The van der Waals surface area contributed by atoms with Crippen molar-refractivity contribution >= 4 is 23.4 Å². The number of nitrogens with one attached hydrogen (secondary N) is 1. The molecule has 1 aromatic rings. The van der Waals surface area contributed by atoms with E-state index in [2.05, 4.69) is 10.3 Å². The summed E-state index contributed by atoms with van der Waals surface area (Å²) in [5.41, 5.74) is 0.657. The van der Waals surface area contributed by atoms with Crippen LogP contribution in [0, 0.1) is 0 Å². The molecule has 1 aliphatic heterocycles. The average molecular weight is 275 g/mol. The van der Waals surface area contributed by atoms with Crippen molar-refractivity contribution in [2.75, 3.05) is 30.5 Å². The van der Waals surface area contributed by atoms with Gasteiger partial charge in [0, 0.05) is 26.3 Å². The maximum absolute atomic E-state index is 12.3. The van der Waals surface area contributed by atoms with Crippen molar-refractivity contribution in [3.8, 4) is 0 Å². The van der Waals surface area contributed by atoms with E-state index in [-0.39, 0.29) is 24.5 Å². The molecule has 106 valence electrons. The largest absolute Gasteiger partial charge is 0.352 e.